The smallest absolute Gasteiger partial charge is 0.311 e. The van der Waals surface area contributed by atoms with E-state index in [2.05, 4.69) is 21.7 Å². The lowest BCUT2D eigenvalue weighted by molar-refractivity contribution is -0.384. The molecule has 0 spiro atoms. The summed E-state index contributed by atoms with van der Waals surface area (Å²) in [6.45, 7) is 3.56. The van der Waals surface area contributed by atoms with Crippen molar-refractivity contribution in [1.82, 2.24) is 10.3 Å². The molecule has 1 aromatic heterocycles. The third-order valence-corrected chi connectivity index (χ3v) is 3.60. The summed E-state index contributed by atoms with van der Waals surface area (Å²) < 4.78 is 0. The van der Waals surface area contributed by atoms with Crippen LogP contribution in [0.15, 0.2) is 30.3 Å². The zero-order valence-electron chi connectivity index (χ0n) is 11.7. The molecule has 0 saturated heterocycles. The maximum atomic E-state index is 11.1. The first-order valence-corrected chi connectivity index (χ1v) is 6.85. The quantitative estimate of drug-likeness (QED) is 0.669. The number of rotatable bonds is 3. The number of anilines is 2. The highest BCUT2D eigenvalue weighted by atomic mass is 16.6. The molecule has 1 aliphatic rings. The molecule has 0 amide bonds. The van der Waals surface area contributed by atoms with E-state index >= 15 is 0 Å². The molecule has 0 fully saturated rings. The second kappa shape index (κ2) is 5.49. The Morgan fingerprint density at radius 2 is 2.19 bits per heavy atom. The normalized spacial score (nSPS) is 13.6. The number of nitrogens with one attached hydrogen (secondary N) is 2. The molecule has 1 aliphatic heterocycles. The molecule has 0 bridgehead atoms. The van der Waals surface area contributed by atoms with Gasteiger partial charge in [-0.05, 0) is 43.1 Å². The van der Waals surface area contributed by atoms with E-state index in [0.717, 1.165) is 30.9 Å². The topological polar surface area (TPSA) is 80.1 Å². The van der Waals surface area contributed by atoms with Crippen LogP contribution in [0.3, 0.4) is 0 Å². The van der Waals surface area contributed by atoms with Crippen LogP contribution in [0.4, 0.5) is 17.2 Å². The number of aromatic nitrogens is 1. The van der Waals surface area contributed by atoms with Crippen molar-refractivity contribution in [2.45, 2.75) is 19.9 Å². The van der Waals surface area contributed by atoms with Crippen molar-refractivity contribution in [1.29, 1.82) is 0 Å². The fourth-order valence-corrected chi connectivity index (χ4v) is 2.57. The summed E-state index contributed by atoms with van der Waals surface area (Å²) in [6, 6.07) is 9.10. The lowest BCUT2D eigenvalue weighted by Gasteiger charge is -2.20. The highest BCUT2D eigenvalue weighted by Gasteiger charge is 2.18. The molecule has 0 aliphatic carbocycles. The molecular formula is C15H16N4O2. The standard InChI is InChI=1S/C15H16N4O2/c1-10-5-6-14(19(20)21)15(17-10)18-13-4-2-3-11-9-16-8-7-12(11)13/h2-6,16H,7-9H2,1H3,(H,17,18). The lowest BCUT2D eigenvalue weighted by atomic mass is 9.99. The number of nitrogens with zero attached hydrogens (tertiary/aromatic N) is 2. The van der Waals surface area contributed by atoms with Gasteiger partial charge in [0.2, 0.25) is 5.82 Å². The Kier molecular flexibility index (Phi) is 3.53. The van der Waals surface area contributed by atoms with Crippen LogP contribution in [0, 0.1) is 17.0 Å². The third-order valence-electron chi connectivity index (χ3n) is 3.60. The minimum absolute atomic E-state index is 0.00728. The Labute approximate surface area is 122 Å². The first-order valence-electron chi connectivity index (χ1n) is 6.85. The van der Waals surface area contributed by atoms with Gasteiger partial charge in [-0.2, -0.15) is 0 Å². The Morgan fingerprint density at radius 3 is 3.00 bits per heavy atom. The highest BCUT2D eigenvalue weighted by molar-refractivity contribution is 5.69. The van der Waals surface area contributed by atoms with Crippen molar-refractivity contribution in [2.75, 3.05) is 11.9 Å². The Morgan fingerprint density at radius 1 is 1.33 bits per heavy atom. The van der Waals surface area contributed by atoms with Crippen LogP contribution in [0.25, 0.3) is 0 Å². The van der Waals surface area contributed by atoms with Gasteiger partial charge >= 0.3 is 5.69 Å². The predicted octanol–water partition coefficient (Wildman–Crippen LogP) is 2.69. The fraction of sp³-hybridized carbons (Fsp3) is 0.267. The number of benzene rings is 1. The highest BCUT2D eigenvalue weighted by Crippen LogP contribution is 2.30. The van der Waals surface area contributed by atoms with Crippen LogP contribution in [0.5, 0.6) is 0 Å². The van der Waals surface area contributed by atoms with Gasteiger partial charge in [0, 0.05) is 24.0 Å². The van der Waals surface area contributed by atoms with Crippen molar-refractivity contribution in [3.05, 3.63) is 57.3 Å². The molecule has 0 unspecified atom stereocenters. The lowest BCUT2D eigenvalue weighted by Crippen LogP contribution is -2.24. The van der Waals surface area contributed by atoms with Crippen molar-refractivity contribution in [2.24, 2.45) is 0 Å². The van der Waals surface area contributed by atoms with E-state index in [9.17, 15) is 10.1 Å². The van der Waals surface area contributed by atoms with Gasteiger partial charge in [-0.3, -0.25) is 10.1 Å². The van der Waals surface area contributed by atoms with Gasteiger partial charge in [0.05, 0.1) is 4.92 Å². The van der Waals surface area contributed by atoms with Crippen molar-refractivity contribution in [3.8, 4) is 0 Å². The average Bonchev–Trinajstić information content (AvgIpc) is 2.47. The number of hydrogen-bond donors (Lipinski definition) is 2. The summed E-state index contributed by atoms with van der Waals surface area (Å²) in [6.07, 6.45) is 0.901. The molecule has 1 aromatic carbocycles. The van der Waals surface area contributed by atoms with E-state index in [1.54, 1.807) is 6.07 Å². The molecule has 2 aromatic rings. The summed E-state index contributed by atoms with van der Waals surface area (Å²) in [7, 11) is 0. The maximum absolute atomic E-state index is 11.1. The van der Waals surface area contributed by atoms with Crippen LogP contribution in [0.1, 0.15) is 16.8 Å². The summed E-state index contributed by atoms with van der Waals surface area (Å²) in [5.74, 6) is 0.298. The molecule has 21 heavy (non-hydrogen) atoms. The van der Waals surface area contributed by atoms with Crippen LogP contribution in [0.2, 0.25) is 0 Å². The maximum Gasteiger partial charge on any atom is 0.311 e. The van der Waals surface area contributed by atoms with Crippen molar-refractivity contribution in [3.63, 3.8) is 0 Å². The van der Waals surface area contributed by atoms with Crippen LogP contribution in [-0.2, 0) is 13.0 Å². The van der Waals surface area contributed by atoms with E-state index in [1.165, 1.54) is 17.2 Å². The van der Waals surface area contributed by atoms with Gasteiger partial charge in [0.25, 0.3) is 0 Å². The van der Waals surface area contributed by atoms with Gasteiger partial charge < -0.3 is 10.6 Å². The SMILES string of the molecule is Cc1ccc([N+](=O)[O-])c(Nc2cccc3c2CCNC3)n1. The monoisotopic (exact) mass is 284 g/mol. The summed E-state index contributed by atoms with van der Waals surface area (Å²) >= 11 is 0. The van der Waals surface area contributed by atoms with Gasteiger partial charge in [-0.25, -0.2) is 4.98 Å². The largest absolute Gasteiger partial charge is 0.334 e. The zero-order valence-corrected chi connectivity index (χ0v) is 11.7. The number of pyridine rings is 1. The van der Waals surface area contributed by atoms with E-state index in [1.807, 2.05) is 19.1 Å². The van der Waals surface area contributed by atoms with Gasteiger partial charge in [0.15, 0.2) is 0 Å². The number of hydrogen-bond acceptors (Lipinski definition) is 5. The predicted molar refractivity (Wildman–Crippen MR) is 80.8 cm³/mol. The van der Waals surface area contributed by atoms with Crippen LogP contribution < -0.4 is 10.6 Å². The molecule has 108 valence electrons. The zero-order chi connectivity index (χ0) is 14.8. The summed E-state index contributed by atoms with van der Waals surface area (Å²) in [5.41, 5.74) is 4.06. The molecule has 2 heterocycles. The van der Waals surface area contributed by atoms with E-state index < -0.39 is 4.92 Å². The Bertz CT molecular complexity index is 700. The molecular weight excluding hydrogens is 268 g/mol. The third kappa shape index (κ3) is 2.71. The van der Waals surface area contributed by atoms with E-state index in [-0.39, 0.29) is 5.69 Å². The number of aryl methyl sites for hydroxylation is 1. The average molecular weight is 284 g/mol. The summed E-state index contributed by atoms with van der Waals surface area (Å²) in [4.78, 5) is 15.0. The molecule has 2 N–H and O–H groups in total. The van der Waals surface area contributed by atoms with E-state index in [4.69, 9.17) is 0 Å². The molecule has 6 nitrogen and oxygen atoms in total. The minimum atomic E-state index is -0.411. The van der Waals surface area contributed by atoms with Gasteiger partial charge in [-0.15, -0.1) is 0 Å². The molecule has 0 saturated carbocycles. The minimum Gasteiger partial charge on any atom is -0.334 e. The summed E-state index contributed by atoms with van der Waals surface area (Å²) in [5, 5.41) is 17.6. The Balaban J connectivity index is 2.01. The molecule has 6 heteroatoms. The molecule has 0 atom stereocenters. The van der Waals surface area contributed by atoms with E-state index in [0.29, 0.717) is 5.82 Å². The Hall–Kier alpha value is -2.47. The van der Waals surface area contributed by atoms with Crippen molar-refractivity contribution >= 4 is 17.2 Å². The first-order chi connectivity index (χ1) is 10.1. The van der Waals surface area contributed by atoms with Gasteiger partial charge in [-0.1, -0.05) is 12.1 Å². The molecule has 0 radical (unpaired) electrons. The fourth-order valence-electron chi connectivity index (χ4n) is 2.57. The van der Waals surface area contributed by atoms with Crippen LogP contribution in [-0.4, -0.2) is 16.5 Å². The van der Waals surface area contributed by atoms with Crippen molar-refractivity contribution < 1.29 is 4.92 Å². The van der Waals surface area contributed by atoms with Crippen LogP contribution >= 0.6 is 0 Å². The number of fused-ring (bicyclic) bond motifs is 1. The second-order valence-electron chi connectivity index (χ2n) is 5.07. The first kappa shape index (κ1) is 13.5. The second-order valence-corrected chi connectivity index (χ2v) is 5.07. The molecule has 3 rings (SSSR count). The van der Waals surface area contributed by atoms with Gasteiger partial charge in [0.1, 0.15) is 0 Å². The number of nitro groups is 1.